The van der Waals surface area contributed by atoms with Crippen molar-refractivity contribution in [1.82, 2.24) is 0 Å². The first-order valence-corrected chi connectivity index (χ1v) is 6.56. The maximum atomic E-state index is 6.10. The number of fused-ring (bicyclic) bond motifs is 1. The number of para-hydroxylation sites is 1. The molecule has 98 valence electrons. The van der Waals surface area contributed by atoms with Gasteiger partial charge >= 0.3 is 0 Å². The molecule has 0 saturated carbocycles. The van der Waals surface area contributed by atoms with Crippen molar-refractivity contribution in [2.45, 2.75) is 6.54 Å². The van der Waals surface area contributed by atoms with Crippen LogP contribution in [0.1, 0.15) is 5.56 Å². The average molecular weight is 296 g/mol. The van der Waals surface area contributed by atoms with Crippen molar-refractivity contribution in [2.75, 3.05) is 12.1 Å². The number of ether oxygens (including phenoxy) is 2. The number of nitrogens with one attached hydrogen (secondary N) is 1. The second-order valence-electron chi connectivity index (χ2n) is 4.13. The average Bonchev–Trinajstić information content (AvgIpc) is 2.88. The van der Waals surface area contributed by atoms with Gasteiger partial charge in [0.05, 0.1) is 10.7 Å². The van der Waals surface area contributed by atoms with Gasteiger partial charge in [-0.25, -0.2) is 0 Å². The molecule has 0 aromatic heterocycles. The van der Waals surface area contributed by atoms with Gasteiger partial charge in [0.2, 0.25) is 6.79 Å². The summed E-state index contributed by atoms with van der Waals surface area (Å²) in [5.74, 6) is 1.56. The lowest BCUT2D eigenvalue weighted by Crippen LogP contribution is -2.01. The van der Waals surface area contributed by atoms with Crippen molar-refractivity contribution < 1.29 is 9.47 Å². The molecule has 0 atom stereocenters. The molecule has 0 fully saturated rings. The summed E-state index contributed by atoms with van der Waals surface area (Å²) in [7, 11) is 0. The standard InChI is InChI=1S/C14H11Cl2NO2/c15-10-4-5-11(16)12(6-10)17-7-9-2-1-3-13-14(9)19-8-18-13/h1-6,17H,7-8H2. The molecule has 5 heteroatoms. The van der Waals surface area contributed by atoms with Crippen LogP contribution in [0.15, 0.2) is 36.4 Å². The van der Waals surface area contributed by atoms with Gasteiger partial charge in [-0.2, -0.15) is 0 Å². The van der Waals surface area contributed by atoms with Crippen LogP contribution in [0.25, 0.3) is 0 Å². The van der Waals surface area contributed by atoms with E-state index >= 15 is 0 Å². The number of anilines is 1. The quantitative estimate of drug-likeness (QED) is 0.914. The first-order valence-electron chi connectivity index (χ1n) is 5.80. The van der Waals surface area contributed by atoms with E-state index in [1.54, 1.807) is 18.2 Å². The Bertz CT molecular complexity index is 616. The minimum Gasteiger partial charge on any atom is -0.454 e. The molecular formula is C14H11Cl2NO2. The molecule has 1 heterocycles. The van der Waals surface area contributed by atoms with Gasteiger partial charge in [0.25, 0.3) is 0 Å². The Balaban J connectivity index is 1.80. The van der Waals surface area contributed by atoms with Gasteiger partial charge in [-0.15, -0.1) is 0 Å². The fourth-order valence-corrected chi connectivity index (χ4v) is 2.31. The Hall–Kier alpha value is -1.58. The molecule has 0 spiro atoms. The predicted octanol–water partition coefficient (Wildman–Crippen LogP) is 4.33. The maximum Gasteiger partial charge on any atom is 0.231 e. The molecule has 1 N–H and O–H groups in total. The molecule has 3 rings (SSSR count). The topological polar surface area (TPSA) is 30.5 Å². The lowest BCUT2D eigenvalue weighted by atomic mass is 10.2. The Morgan fingerprint density at radius 2 is 2.00 bits per heavy atom. The van der Waals surface area contributed by atoms with Gasteiger partial charge in [-0.3, -0.25) is 0 Å². The Kier molecular flexibility index (Phi) is 3.40. The molecule has 2 aromatic rings. The second-order valence-corrected chi connectivity index (χ2v) is 4.97. The molecule has 3 nitrogen and oxygen atoms in total. The fraction of sp³-hybridized carbons (Fsp3) is 0.143. The number of benzene rings is 2. The van der Waals surface area contributed by atoms with E-state index in [1.165, 1.54) is 0 Å². The second kappa shape index (κ2) is 5.19. The highest BCUT2D eigenvalue weighted by Gasteiger charge is 2.16. The molecule has 1 aliphatic rings. The van der Waals surface area contributed by atoms with Crippen LogP contribution in [0.4, 0.5) is 5.69 Å². The smallest absolute Gasteiger partial charge is 0.231 e. The predicted molar refractivity (Wildman–Crippen MR) is 76.4 cm³/mol. The molecule has 0 bridgehead atoms. The van der Waals surface area contributed by atoms with Crippen molar-refractivity contribution in [3.05, 3.63) is 52.0 Å². The van der Waals surface area contributed by atoms with Crippen LogP contribution in [0.2, 0.25) is 10.0 Å². The zero-order valence-corrected chi connectivity index (χ0v) is 11.5. The van der Waals surface area contributed by atoms with Crippen LogP contribution in [-0.2, 0) is 6.54 Å². The van der Waals surface area contributed by atoms with E-state index < -0.39 is 0 Å². The summed E-state index contributed by atoms with van der Waals surface area (Å²) in [5.41, 5.74) is 1.82. The largest absolute Gasteiger partial charge is 0.454 e. The third-order valence-corrected chi connectivity index (χ3v) is 3.44. The summed E-state index contributed by atoms with van der Waals surface area (Å²) in [6.07, 6.45) is 0. The monoisotopic (exact) mass is 295 g/mol. The molecular weight excluding hydrogens is 285 g/mol. The number of hydrogen-bond donors (Lipinski definition) is 1. The van der Waals surface area contributed by atoms with E-state index in [0.29, 0.717) is 16.6 Å². The van der Waals surface area contributed by atoms with Crippen molar-refractivity contribution >= 4 is 28.9 Å². The van der Waals surface area contributed by atoms with E-state index in [4.69, 9.17) is 32.7 Å². The highest BCUT2D eigenvalue weighted by molar-refractivity contribution is 6.35. The van der Waals surface area contributed by atoms with Gasteiger partial charge in [-0.1, -0.05) is 35.3 Å². The van der Waals surface area contributed by atoms with Gasteiger partial charge in [0.1, 0.15) is 0 Å². The Labute approximate surface area is 121 Å². The van der Waals surface area contributed by atoms with Crippen molar-refractivity contribution in [2.24, 2.45) is 0 Å². The van der Waals surface area contributed by atoms with Gasteiger partial charge in [0.15, 0.2) is 11.5 Å². The molecule has 0 saturated heterocycles. The van der Waals surface area contributed by atoms with E-state index in [1.807, 2.05) is 18.2 Å². The van der Waals surface area contributed by atoms with Gasteiger partial charge in [-0.05, 0) is 24.3 Å². The third-order valence-electron chi connectivity index (χ3n) is 2.88. The highest BCUT2D eigenvalue weighted by atomic mass is 35.5. The summed E-state index contributed by atoms with van der Waals surface area (Å²) >= 11 is 12.1. The van der Waals surface area contributed by atoms with Crippen molar-refractivity contribution in [1.29, 1.82) is 0 Å². The molecule has 19 heavy (non-hydrogen) atoms. The van der Waals surface area contributed by atoms with Crippen LogP contribution >= 0.6 is 23.2 Å². The SMILES string of the molecule is Clc1ccc(Cl)c(NCc2cccc3c2OCO3)c1. The van der Waals surface area contributed by atoms with Gasteiger partial charge in [0, 0.05) is 17.1 Å². The summed E-state index contributed by atoms with van der Waals surface area (Å²) in [5, 5.41) is 4.52. The van der Waals surface area contributed by atoms with E-state index in [-0.39, 0.29) is 6.79 Å². The summed E-state index contributed by atoms with van der Waals surface area (Å²) in [4.78, 5) is 0. The zero-order valence-electron chi connectivity index (χ0n) is 9.95. The highest BCUT2D eigenvalue weighted by Crippen LogP contribution is 2.36. The summed E-state index contributed by atoms with van der Waals surface area (Å²) < 4.78 is 10.8. The summed E-state index contributed by atoms with van der Waals surface area (Å²) in [6.45, 7) is 0.858. The van der Waals surface area contributed by atoms with Crippen molar-refractivity contribution in [3.63, 3.8) is 0 Å². The minimum atomic E-state index is 0.268. The molecule has 0 aliphatic carbocycles. The van der Waals surface area contributed by atoms with E-state index in [0.717, 1.165) is 22.7 Å². The van der Waals surface area contributed by atoms with E-state index in [9.17, 15) is 0 Å². The first-order chi connectivity index (χ1) is 9.24. The Morgan fingerprint density at radius 1 is 1.11 bits per heavy atom. The lowest BCUT2D eigenvalue weighted by molar-refractivity contribution is 0.173. The molecule has 0 amide bonds. The van der Waals surface area contributed by atoms with Crippen LogP contribution in [0, 0.1) is 0 Å². The molecule has 0 radical (unpaired) electrons. The summed E-state index contributed by atoms with van der Waals surface area (Å²) in [6, 6.07) is 11.1. The molecule has 0 unspecified atom stereocenters. The number of hydrogen-bond acceptors (Lipinski definition) is 3. The van der Waals surface area contributed by atoms with Crippen molar-refractivity contribution in [3.8, 4) is 11.5 Å². The number of halogens is 2. The van der Waals surface area contributed by atoms with Crippen LogP contribution in [-0.4, -0.2) is 6.79 Å². The third kappa shape index (κ3) is 2.57. The fourth-order valence-electron chi connectivity index (χ4n) is 1.95. The van der Waals surface area contributed by atoms with Crippen LogP contribution in [0.5, 0.6) is 11.5 Å². The molecule has 2 aromatic carbocycles. The lowest BCUT2D eigenvalue weighted by Gasteiger charge is -2.10. The zero-order chi connectivity index (χ0) is 13.2. The van der Waals surface area contributed by atoms with E-state index in [2.05, 4.69) is 5.32 Å². The normalized spacial score (nSPS) is 12.5. The first kappa shape index (κ1) is 12.5. The minimum absolute atomic E-state index is 0.268. The maximum absolute atomic E-state index is 6.10. The van der Waals surface area contributed by atoms with Crippen LogP contribution in [0.3, 0.4) is 0 Å². The van der Waals surface area contributed by atoms with Gasteiger partial charge < -0.3 is 14.8 Å². The van der Waals surface area contributed by atoms with Crippen LogP contribution < -0.4 is 14.8 Å². The Morgan fingerprint density at radius 3 is 2.89 bits per heavy atom. The molecule has 1 aliphatic heterocycles. The number of rotatable bonds is 3.